The molecule has 2 heteroatoms. The third-order valence-electron chi connectivity index (χ3n) is 2.91. The van der Waals surface area contributed by atoms with Gasteiger partial charge in [0.25, 0.3) is 0 Å². The zero-order chi connectivity index (χ0) is 11.3. The lowest BCUT2D eigenvalue weighted by atomic mass is 9.82. The Morgan fingerprint density at radius 2 is 1.80 bits per heavy atom. The average Bonchev–Trinajstić information content (AvgIpc) is 2.27. The molecule has 0 radical (unpaired) electrons. The van der Waals surface area contributed by atoms with Crippen molar-refractivity contribution in [1.29, 1.82) is 0 Å². The lowest BCUT2D eigenvalue weighted by Crippen LogP contribution is -2.15. The molecule has 0 saturated carbocycles. The molecule has 0 fully saturated rings. The second kappa shape index (κ2) is 5.17. The predicted octanol–water partition coefficient (Wildman–Crippen LogP) is 2.71. The Morgan fingerprint density at radius 1 is 1.20 bits per heavy atom. The van der Waals surface area contributed by atoms with Gasteiger partial charge in [0, 0.05) is 6.54 Å². The number of rotatable bonds is 5. The number of nitrogens with two attached hydrogens (primary N) is 1. The summed E-state index contributed by atoms with van der Waals surface area (Å²) in [5.41, 5.74) is 6.97. The van der Waals surface area contributed by atoms with Crippen molar-refractivity contribution in [2.24, 2.45) is 5.73 Å². The zero-order valence-electron chi connectivity index (χ0n) is 9.92. The van der Waals surface area contributed by atoms with Crippen molar-refractivity contribution < 1.29 is 4.74 Å². The van der Waals surface area contributed by atoms with Gasteiger partial charge >= 0.3 is 0 Å². The molecule has 1 aromatic carbocycles. The molecular weight excluding hydrogens is 186 g/mol. The lowest BCUT2D eigenvalue weighted by molar-refractivity contribution is 0.328. The first-order chi connectivity index (χ1) is 7.10. The van der Waals surface area contributed by atoms with Gasteiger partial charge in [0.2, 0.25) is 0 Å². The molecule has 0 unspecified atom stereocenters. The van der Waals surface area contributed by atoms with E-state index < -0.39 is 0 Å². The SMILES string of the molecule is CCC(C)(C)c1ccc(OCCN)cc1. The minimum absolute atomic E-state index is 0.242. The van der Waals surface area contributed by atoms with Crippen molar-refractivity contribution in [3.8, 4) is 5.75 Å². The molecule has 0 bridgehead atoms. The topological polar surface area (TPSA) is 35.2 Å². The average molecular weight is 207 g/mol. The summed E-state index contributed by atoms with van der Waals surface area (Å²) in [6.07, 6.45) is 1.13. The third kappa shape index (κ3) is 3.24. The van der Waals surface area contributed by atoms with E-state index in [4.69, 9.17) is 10.5 Å². The van der Waals surface area contributed by atoms with E-state index in [2.05, 4.69) is 32.9 Å². The molecule has 2 N–H and O–H groups in total. The molecule has 0 aromatic heterocycles. The minimum atomic E-state index is 0.242. The Balaban J connectivity index is 2.72. The van der Waals surface area contributed by atoms with E-state index in [1.54, 1.807) is 0 Å². The van der Waals surface area contributed by atoms with Gasteiger partial charge in [-0.05, 0) is 29.5 Å². The number of ether oxygens (including phenoxy) is 1. The van der Waals surface area contributed by atoms with Gasteiger partial charge in [-0.1, -0.05) is 32.9 Å². The first kappa shape index (κ1) is 12.1. The summed E-state index contributed by atoms with van der Waals surface area (Å²) in [6, 6.07) is 8.30. The van der Waals surface area contributed by atoms with Gasteiger partial charge in [0.05, 0.1) is 0 Å². The fourth-order valence-electron chi connectivity index (χ4n) is 1.38. The molecule has 15 heavy (non-hydrogen) atoms. The maximum atomic E-state index is 5.43. The van der Waals surface area contributed by atoms with Gasteiger partial charge in [-0.15, -0.1) is 0 Å². The Morgan fingerprint density at radius 3 is 2.27 bits per heavy atom. The van der Waals surface area contributed by atoms with E-state index in [0.29, 0.717) is 13.2 Å². The fraction of sp³-hybridized carbons (Fsp3) is 0.538. The van der Waals surface area contributed by atoms with E-state index >= 15 is 0 Å². The van der Waals surface area contributed by atoms with Gasteiger partial charge in [-0.25, -0.2) is 0 Å². The van der Waals surface area contributed by atoms with Crippen molar-refractivity contribution in [2.45, 2.75) is 32.6 Å². The maximum Gasteiger partial charge on any atom is 0.119 e. The van der Waals surface area contributed by atoms with Gasteiger partial charge < -0.3 is 10.5 Å². The second-order valence-corrected chi connectivity index (χ2v) is 4.40. The van der Waals surface area contributed by atoms with Crippen LogP contribution < -0.4 is 10.5 Å². The highest BCUT2D eigenvalue weighted by Gasteiger charge is 2.17. The van der Waals surface area contributed by atoms with E-state index in [-0.39, 0.29) is 5.41 Å². The third-order valence-corrected chi connectivity index (χ3v) is 2.91. The van der Waals surface area contributed by atoms with E-state index in [1.807, 2.05) is 12.1 Å². The first-order valence-corrected chi connectivity index (χ1v) is 5.53. The van der Waals surface area contributed by atoms with Crippen molar-refractivity contribution in [3.05, 3.63) is 29.8 Å². The molecule has 84 valence electrons. The van der Waals surface area contributed by atoms with Gasteiger partial charge in [0.1, 0.15) is 12.4 Å². The van der Waals surface area contributed by atoms with Crippen LogP contribution in [0.3, 0.4) is 0 Å². The Labute approximate surface area is 92.4 Å². The molecule has 0 saturated heterocycles. The molecule has 1 rings (SSSR count). The quantitative estimate of drug-likeness (QED) is 0.805. The van der Waals surface area contributed by atoms with Crippen LogP contribution in [0.4, 0.5) is 0 Å². The summed E-state index contributed by atoms with van der Waals surface area (Å²) in [6.45, 7) is 7.85. The minimum Gasteiger partial charge on any atom is -0.492 e. The number of hydrogen-bond acceptors (Lipinski definition) is 2. The van der Waals surface area contributed by atoms with Gasteiger partial charge in [0.15, 0.2) is 0 Å². The van der Waals surface area contributed by atoms with Crippen LogP contribution in [-0.2, 0) is 5.41 Å². The highest BCUT2D eigenvalue weighted by Crippen LogP contribution is 2.27. The molecule has 0 aliphatic rings. The molecule has 0 spiro atoms. The molecular formula is C13H21NO. The Bertz CT molecular complexity index is 290. The Hall–Kier alpha value is -1.02. The highest BCUT2D eigenvalue weighted by molar-refractivity contribution is 5.31. The van der Waals surface area contributed by atoms with Crippen molar-refractivity contribution in [1.82, 2.24) is 0 Å². The smallest absolute Gasteiger partial charge is 0.119 e. The molecule has 2 nitrogen and oxygen atoms in total. The van der Waals surface area contributed by atoms with E-state index in [1.165, 1.54) is 5.56 Å². The Kier molecular flexibility index (Phi) is 4.15. The van der Waals surface area contributed by atoms with Crippen LogP contribution in [0, 0.1) is 0 Å². The van der Waals surface area contributed by atoms with Crippen LogP contribution >= 0.6 is 0 Å². The summed E-state index contributed by atoms with van der Waals surface area (Å²) in [7, 11) is 0. The van der Waals surface area contributed by atoms with Gasteiger partial charge in [-0.3, -0.25) is 0 Å². The second-order valence-electron chi connectivity index (χ2n) is 4.40. The molecule has 0 amide bonds. The van der Waals surface area contributed by atoms with Crippen LogP contribution in [0.5, 0.6) is 5.75 Å². The van der Waals surface area contributed by atoms with Crippen LogP contribution in [-0.4, -0.2) is 13.2 Å². The first-order valence-electron chi connectivity index (χ1n) is 5.53. The number of hydrogen-bond donors (Lipinski definition) is 1. The van der Waals surface area contributed by atoms with Crippen LogP contribution in [0.15, 0.2) is 24.3 Å². The summed E-state index contributed by atoms with van der Waals surface area (Å²) >= 11 is 0. The van der Waals surface area contributed by atoms with Crippen molar-refractivity contribution >= 4 is 0 Å². The standard InChI is InChI=1S/C13H21NO/c1-4-13(2,3)11-5-7-12(8-6-11)15-10-9-14/h5-8H,4,9-10,14H2,1-3H3. The monoisotopic (exact) mass is 207 g/mol. The molecule has 0 atom stereocenters. The molecule has 0 heterocycles. The molecule has 1 aromatic rings. The lowest BCUT2D eigenvalue weighted by Gasteiger charge is -2.23. The summed E-state index contributed by atoms with van der Waals surface area (Å²) in [5, 5.41) is 0. The highest BCUT2D eigenvalue weighted by atomic mass is 16.5. The normalized spacial score (nSPS) is 11.5. The molecule has 0 aliphatic carbocycles. The van der Waals surface area contributed by atoms with Crippen molar-refractivity contribution in [2.75, 3.05) is 13.2 Å². The van der Waals surface area contributed by atoms with E-state index in [9.17, 15) is 0 Å². The summed E-state index contributed by atoms with van der Waals surface area (Å²) in [5.74, 6) is 0.899. The van der Waals surface area contributed by atoms with Crippen molar-refractivity contribution in [3.63, 3.8) is 0 Å². The maximum absolute atomic E-state index is 5.43. The van der Waals surface area contributed by atoms with Crippen LogP contribution in [0.2, 0.25) is 0 Å². The summed E-state index contributed by atoms with van der Waals surface area (Å²) in [4.78, 5) is 0. The zero-order valence-corrected chi connectivity index (χ0v) is 9.92. The summed E-state index contributed by atoms with van der Waals surface area (Å²) < 4.78 is 5.43. The van der Waals surface area contributed by atoms with E-state index in [0.717, 1.165) is 12.2 Å². The fourth-order valence-corrected chi connectivity index (χ4v) is 1.38. The number of benzene rings is 1. The van der Waals surface area contributed by atoms with Crippen LogP contribution in [0.1, 0.15) is 32.8 Å². The molecule has 0 aliphatic heterocycles. The van der Waals surface area contributed by atoms with Gasteiger partial charge in [-0.2, -0.15) is 0 Å². The van der Waals surface area contributed by atoms with Crippen LogP contribution in [0.25, 0.3) is 0 Å². The largest absolute Gasteiger partial charge is 0.492 e. The predicted molar refractivity (Wildman–Crippen MR) is 64.3 cm³/mol.